The van der Waals surface area contributed by atoms with Crippen molar-refractivity contribution in [2.45, 2.75) is 32.1 Å². The molecule has 8 heteroatoms. The Hall–Kier alpha value is -2.55. The van der Waals surface area contributed by atoms with Gasteiger partial charge in [-0.2, -0.15) is 0 Å². The van der Waals surface area contributed by atoms with E-state index in [1.807, 2.05) is 31.2 Å². The first kappa shape index (κ1) is 20.2. The second-order valence-corrected chi connectivity index (χ2v) is 8.93. The molecule has 1 amide bonds. The number of amides is 1. The summed E-state index contributed by atoms with van der Waals surface area (Å²) in [6.07, 6.45) is 0.951. The zero-order valence-corrected chi connectivity index (χ0v) is 17.4. The van der Waals surface area contributed by atoms with E-state index < -0.39 is 15.9 Å². The lowest BCUT2D eigenvalue weighted by atomic mass is 10.1. The summed E-state index contributed by atoms with van der Waals surface area (Å²) in [4.78, 5) is 18.9. The molecule has 0 saturated carbocycles. The molecule has 0 bridgehead atoms. The van der Waals surface area contributed by atoms with Gasteiger partial charge in [0.05, 0.1) is 4.90 Å². The standard InChI is InChI=1S/C20H21N3O3S2/c1-4-15-6-8-16(9-7-15)20-21-17(12-27-20)19(24)22-23-28(25,26)18-10-5-13(2)11-14(18)3/h5-12,23H,4H2,1-3H3,(H,22,24). The number of aryl methyl sites for hydroxylation is 3. The van der Waals surface area contributed by atoms with Crippen molar-refractivity contribution in [2.24, 2.45) is 0 Å². The van der Waals surface area contributed by atoms with Crippen LogP contribution in [-0.4, -0.2) is 19.3 Å². The summed E-state index contributed by atoms with van der Waals surface area (Å²) in [5, 5.41) is 2.30. The Kier molecular flexibility index (Phi) is 5.93. The van der Waals surface area contributed by atoms with Gasteiger partial charge in [0.2, 0.25) is 0 Å². The molecule has 3 rings (SSSR count). The molecule has 2 aromatic carbocycles. The second kappa shape index (κ2) is 8.22. The van der Waals surface area contributed by atoms with Gasteiger partial charge in [-0.25, -0.2) is 13.4 Å². The van der Waals surface area contributed by atoms with Crippen molar-refractivity contribution in [3.63, 3.8) is 0 Å². The molecule has 0 aliphatic carbocycles. The van der Waals surface area contributed by atoms with E-state index >= 15 is 0 Å². The van der Waals surface area contributed by atoms with Crippen molar-refractivity contribution in [1.82, 2.24) is 15.2 Å². The molecule has 146 valence electrons. The number of hydrogen-bond acceptors (Lipinski definition) is 5. The van der Waals surface area contributed by atoms with Gasteiger partial charge in [-0.1, -0.05) is 48.9 Å². The Morgan fingerprint density at radius 3 is 2.46 bits per heavy atom. The normalized spacial score (nSPS) is 11.4. The molecule has 0 saturated heterocycles. The molecule has 0 atom stereocenters. The van der Waals surface area contributed by atoms with Gasteiger partial charge in [-0.05, 0) is 37.5 Å². The molecule has 28 heavy (non-hydrogen) atoms. The van der Waals surface area contributed by atoms with Crippen LogP contribution >= 0.6 is 11.3 Å². The fourth-order valence-corrected chi connectivity index (χ4v) is 4.60. The summed E-state index contributed by atoms with van der Waals surface area (Å²) in [6, 6.07) is 13.0. The summed E-state index contributed by atoms with van der Waals surface area (Å²) >= 11 is 1.33. The highest BCUT2D eigenvalue weighted by Gasteiger charge is 2.19. The number of hydrazine groups is 1. The van der Waals surface area contributed by atoms with Crippen LogP contribution in [0.3, 0.4) is 0 Å². The van der Waals surface area contributed by atoms with Gasteiger partial charge < -0.3 is 0 Å². The van der Waals surface area contributed by atoms with Gasteiger partial charge in [0, 0.05) is 10.9 Å². The number of benzene rings is 2. The van der Waals surface area contributed by atoms with Crippen LogP contribution in [0, 0.1) is 13.8 Å². The molecular weight excluding hydrogens is 394 g/mol. The Labute approximate surface area is 168 Å². The van der Waals surface area contributed by atoms with Gasteiger partial charge in [-0.15, -0.1) is 16.2 Å². The minimum absolute atomic E-state index is 0.119. The highest BCUT2D eigenvalue weighted by Crippen LogP contribution is 2.24. The van der Waals surface area contributed by atoms with E-state index in [-0.39, 0.29) is 10.6 Å². The predicted octanol–water partition coefficient (Wildman–Crippen LogP) is 3.61. The fraction of sp³-hybridized carbons (Fsp3) is 0.200. The van der Waals surface area contributed by atoms with Gasteiger partial charge >= 0.3 is 0 Å². The molecule has 0 unspecified atom stereocenters. The maximum atomic E-state index is 12.4. The van der Waals surface area contributed by atoms with Gasteiger partial charge in [0.15, 0.2) is 0 Å². The predicted molar refractivity (Wildman–Crippen MR) is 111 cm³/mol. The van der Waals surface area contributed by atoms with Crippen molar-refractivity contribution < 1.29 is 13.2 Å². The van der Waals surface area contributed by atoms with E-state index in [0.29, 0.717) is 10.6 Å². The first-order chi connectivity index (χ1) is 13.3. The van der Waals surface area contributed by atoms with Crippen molar-refractivity contribution in [1.29, 1.82) is 0 Å². The molecule has 2 N–H and O–H groups in total. The highest BCUT2D eigenvalue weighted by atomic mass is 32.2. The smallest absolute Gasteiger partial charge is 0.272 e. The molecule has 0 aliphatic rings. The van der Waals surface area contributed by atoms with Crippen molar-refractivity contribution in [3.8, 4) is 10.6 Å². The Morgan fingerprint density at radius 2 is 1.82 bits per heavy atom. The molecular formula is C20H21N3O3S2. The third-order valence-electron chi connectivity index (χ3n) is 4.26. The average Bonchev–Trinajstić information content (AvgIpc) is 3.16. The third kappa shape index (κ3) is 4.46. The first-order valence-electron chi connectivity index (χ1n) is 8.74. The van der Waals surface area contributed by atoms with Crippen LogP contribution in [0.15, 0.2) is 52.7 Å². The molecule has 0 spiro atoms. The Bertz CT molecular complexity index is 1100. The maximum absolute atomic E-state index is 12.4. The lowest BCUT2D eigenvalue weighted by Gasteiger charge is -2.10. The zero-order chi connectivity index (χ0) is 20.3. The number of nitrogens with one attached hydrogen (secondary N) is 2. The quantitative estimate of drug-likeness (QED) is 0.602. The van der Waals surface area contributed by atoms with Crippen molar-refractivity contribution in [2.75, 3.05) is 0 Å². The number of thiazole rings is 1. The van der Waals surface area contributed by atoms with Gasteiger partial charge in [0.25, 0.3) is 15.9 Å². The monoisotopic (exact) mass is 415 g/mol. The summed E-state index contributed by atoms with van der Waals surface area (Å²) in [5.74, 6) is -0.610. The number of hydrogen-bond donors (Lipinski definition) is 2. The van der Waals surface area contributed by atoms with Gasteiger partial charge in [0.1, 0.15) is 10.7 Å². The van der Waals surface area contributed by atoms with Crippen molar-refractivity contribution >= 4 is 27.3 Å². The van der Waals surface area contributed by atoms with E-state index in [1.165, 1.54) is 23.0 Å². The van der Waals surface area contributed by atoms with Crippen LogP contribution in [0.2, 0.25) is 0 Å². The SMILES string of the molecule is CCc1ccc(-c2nc(C(=O)NNS(=O)(=O)c3ccc(C)cc3C)cs2)cc1. The minimum Gasteiger partial charge on any atom is -0.272 e. The van der Waals surface area contributed by atoms with E-state index in [4.69, 9.17) is 0 Å². The van der Waals surface area contributed by atoms with E-state index in [1.54, 1.807) is 24.4 Å². The van der Waals surface area contributed by atoms with Crippen LogP contribution < -0.4 is 10.3 Å². The lowest BCUT2D eigenvalue weighted by molar-refractivity contribution is 0.0941. The van der Waals surface area contributed by atoms with Gasteiger partial charge in [-0.3, -0.25) is 10.2 Å². The topological polar surface area (TPSA) is 88.2 Å². The first-order valence-corrected chi connectivity index (χ1v) is 11.1. The summed E-state index contributed by atoms with van der Waals surface area (Å²) in [7, 11) is -3.87. The maximum Gasteiger partial charge on any atom is 0.285 e. The number of carbonyl (C=O) groups is 1. The molecule has 0 aliphatic heterocycles. The Morgan fingerprint density at radius 1 is 1.11 bits per heavy atom. The number of sulfonamides is 1. The largest absolute Gasteiger partial charge is 0.285 e. The number of carbonyl (C=O) groups excluding carboxylic acids is 1. The van der Waals surface area contributed by atoms with Crippen LogP contribution in [0.25, 0.3) is 10.6 Å². The van der Waals surface area contributed by atoms with Crippen LogP contribution in [0.1, 0.15) is 34.1 Å². The third-order valence-corrected chi connectivity index (χ3v) is 6.56. The minimum atomic E-state index is -3.87. The van der Waals surface area contributed by atoms with Crippen LogP contribution in [-0.2, 0) is 16.4 Å². The zero-order valence-electron chi connectivity index (χ0n) is 15.8. The Balaban J connectivity index is 1.70. The van der Waals surface area contributed by atoms with Crippen LogP contribution in [0.5, 0.6) is 0 Å². The molecule has 1 aromatic heterocycles. The molecule has 0 fully saturated rings. The number of nitrogens with zero attached hydrogens (tertiary/aromatic N) is 1. The fourth-order valence-electron chi connectivity index (χ4n) is 2.73. The van der Waals surface area contributed by atoms with Crippen LogP contribution in [0.4, 0.5) is 0 Å². The summed E-state index contributed by atoms with van der Waals surface area (Å²) < 4.78 is 24.9. The van der Waals surface area contributed by atoms with E-state index in [2.05, 4.69) is 22.2 Å². The molecule has 1 heterocycles. The van der Waals surface area contributed by atoms with Crippen molar-refractivity contribution in [3.05, 3.63) is 70.2 Å². The highest BCUT2D eigenvalue weighted by molar-refractivity contribution is 7.89. The second-order valence-electron chi connectivity index (χ2n) is 6.42. The lowest BCUT2D eigenvalue weighted by Crippen LogP contribution is -2.41. The van der Waals surface area contributed by atoms with E-state index in [9.17, 15) is 13.2 Å². The number of aromatic nitrogens is 1. The molecule has 0 radical (unpaired) electrons. The molecule has 3 aromatic rings. The van der Waals surface area contributed by atoms with E-state index in [0.717, 1.165) is 17.5 Å². The molecule has 6 nitrogen and oxygen atoms in total. The average molecular weight is 416 g/mol. The number of rotatable bonds is 6. The summed E-state index contributed by atoms with van der Waals surface area (Å²) in [6.45, 7) is 5.67. The summed E-state index contributed by atoms with van der Waals surface area (Å²) in [5.41, 5.74) is 6.09.